The lowest BCUT2D eigenvalue weighted by Gasteiger charge is -2.14. The fourth-order valence-electron chi connectivity index (χ4n) is 3.67. The largest absolute Gasteiger partial charge is 0.325 e. The van der Waals surface area contributed by atoms with E-state index in [0.717, 1.165) is 39.2 Å². The second kappa shape index (κ2) is 9.81. The maximum absolute atomic E-state index is 12.8. The predicted molar refractivity (Wildman–Crippen MR) is 137 cm³/mol. The van der Waals surface area contributed by atoms with Crippen molar-refractivity contribution in [3.63, 3.8) is 0 Å². The summed E-state index contributed by atoms with van der Waals surface area (Å²) in [5.41, 5.74) is 7.00. The smallest absolute Gasteiger partial charge is 0.234 e. The molecule has 0 bridgehead atoms. The van der Waals surface area contributed by atoms with Crippen LogP contribution in [-0.4, -0.2) is 26.4 Å². The summed E-state index contributed by atoms with van der Waals surface area (Å²) in [4.78, 5) is 12.8. The van der Waals surface area contributed by atoms with E-state index in [4.69, 9.17) is 11.6 Å². The second-order valence-electron chi connectivity index (χ2n) is 8.05. The molecule has 0 radical (unpaired) electrons. The van der Waals surface area contributed by atoms with Gasteiger partial charge in [0.15, 0.2) is 11.0 Å². The molecular weight excluding hydrogens is 452 g/mol. The minimum Gasteiger partial charge on any atom is -0.325 e. The average Bonchev–Trinajstić information content (AvgIpc) is 3.20. The Labute approximate surface area is 203 Å². The number of carbonyl (C=O) groups is 1. The number of hydrogen-bond acceptors (Lipinski definition) is 4. The molecule has 0 aliphatic carbocycles. The van der Waals surface area contributed by atoms with Crippen molar-refractivity contribution >= 4 is 35.0 Å². The van der Waals surface area contributed by atoms with Gasteiger partial charge in [0.05, 0.1) is 11.4 Å². The van der Waals surface area contributed by atoms with Gasteiger partial charge in [0.1, 0.15) is 0 Å². The predicted octanol–water partition coefficient (Wildman–Crippen LogP) is 6.55. The third-order valence-corrected chi connectivity index (χ3v) is 6.56. The number of nitrogens with one attached hydrogen (secondary N) is 1. The minimum atomic E-state index is -0.0859. The van der Waals surface area contributed by atoms with Gasteiger partial charge in [-0.05, 0) is 68.1 Å². The highest BCUT2D eigenvalue weighted by Crippen LogP contribution is 2.31. The highest BCUT2D eigenvalue weighted by atomic mass is 35.5. The number of rotatable bonds is 6. The molecule has 1 aromatic heterocycles. The van der Waals surface area contributed by atoms with Crippen molar-refractivity contribution in [1.29, 1.82) is 0 Å². The van der Waals surface area contributed by atoms with Gasteiger partial charge in [0, 0.05) is 16.3 Å². The Bertz CT molecular complexity index is 1310. The van der Waals surface area contributed by atoms with Crippen molar-refractivity contribution in [2.45, 2.75) is 32.9 Å². The molecule has 0 unspecified atom stereocenters. The average molecular weight is 477 g/mol. The molecule has 33 heavy (non-hydrogen) atoms. The first-order chi connectivity index (χ1) is 15.8. The van der Waals surface area contributed by atoms with E-state index in [1.54, 1.807) is 0 Å². The molecule has 1 N–H and O–H groups in total. The summed E-state index contributed by atoms with van der Waals surface area (Å²) in [5.74, 6) is 0.813. The highest BCUT2D eigenvalue weighted by molar-refractivity contribution is 7.99. The van der Waals surface area contributed by atoms with E-state index in [-0.39, 0.29) is 11.7 Å². The minimum absolute atomic E-state index is 0.0859. The van der Waals surface area contributed by atoms with Crippen molar-refractivity contribution in [2.24, 2.45) is 0 Å². The number of aryl methyl sites for hydroxylation is 4. The maximum Gasteiger partial charge on any atom is 0.234 e. The van der Waals surface area contributed by atoms with Crippen LogP contribution in [0.25, 0.3) is 17.1 Å². The molecule has 3 aromatic carbocycles. The number of carbonyl (C=O) groups excluding carboxylic acids is 1. The molecular formula is C26H25ClN4OS. The van der Waals surface area contributed by atoms with E-state index in [1.165, 1.54) is 11.8 Å². The fourth-order valence-corrected chi connectivity index (χ4v) is 4.61. The van der Waals surface area contributed by atoms with Crippen LogP contribution in [0.4, 0.5) is 5.69 Å². The van der Waals surface area contributed by atoms with Gasteiger partial charge in [0.25, 0.3) is 0 Å². The molecule has 1 amide bonds. The van der Waals surface area contributed by atoms with Crippen molar-refractivity contribution < 1.29 is 4.79 Å². The molecule has 1 heterocycles. The normalized spacial score (nSPS) is 10.9. The third kappa shape index (κ3) is 5.13. The number of benzene rings is 3. The Morgan fingerprint density at radius 3 is 2.39 bits per heavy atom. The molecule has 168 valence electrons. The number of nitrogens with zero attached hydrogens (tertiary/aromatic N) is 3. The molecule has 0 saturated heterocycles. The first kappa shape index (κ1) is 23.1. The number of para-hydroxylation sites is 1. The summed E-state index contributed by atoms with van der Waals surface area (Å²) >= 11 is 7.61. The summed E-state index contributed by atoms with van der Waals surface area (Å²) in [6, 6.07) is 19.8. The molecule has 4 rings (SSSR count). The van der Waals surface area contributed by atoms with Gasteiger partial charge >= 0.3 is 0 Å². The summed E-state index contributed by atoms with van der Waals surface area (Å²) in [5, 5.41) is 13.2. The van der Waals surface area contributed by atoms with E-state index in [9.17, 15) is 4.79 Å². The molecule has 0 atom stereocenters. The van der Waals surface area contributed by atoms with Crippen LogP contribution < -0.4 is 5.32 Å². The first-order valence-electron chi connectivity index (χ1n) is 10.6. The number of hydrogen-bond donors (Lipinski definition) is 1. The van der Waals surface area contributed by atoms with Crippen molar-refractivity contribution in [2.75, 3.05) is 11.1 Å². The van der Waals surface area contributed by atoms with Crippen LogP contribution in [0.3, 0.4) is 0 Å². The summed E-state index contributed by atoms with van der Waals surface area (Å²) in [7, 11) is 0. The van der Waals surface area contributed by atoms with Crippen LogP contribution in [-0.2, 0) is 4.79 Å². The maximum atomic E-state index is 12.8. The zero-order valence-corrected chi connectivity index (χ0v) is 20.6. The van der Waals surface area contributed by atoms with E-state index in [0.29, 0.717) is 16.0 Å². The van der Waals surface area contributed by atoms with E-state index in [1.807, 2.05) is 60.9 Å². The lowest BCUT2D eigenvalue weighted by Crippen LogP contribution is -2.16. The van der Waals surface area contributed by atoms with Crippen molar-refractivity contribution in [3.8, 4) is 17.1 Å². The van der Waals surface area contributed by atoms with E-state index >= 15 is 0 Å². The van der Waals surface area contributed by atoms with Gasteiger partial charge in [0.2, 0.25) is 5.91 Å². The van der Waals surface area contributed by atoms with Crippen LogP contribution in [0, 0.1) is 27.7 Å². The Morgan fingerprint density at radius 2 is 1.67 bits per heavy atom. The second-order valence-corrected chi connectivity index (χ2v) is 9.42. The summed E-state index contributed by atoms with van der Waals surface area (Å²) in [6.07, 6.45) is 0. The van der Waals surface area contributed by atoms with Crippen LogP contribution in [0.5, 0.6) is 0 Å². The van der Waals surface area contributed by atoms with Crippen molar-refractivity contribution in [3.05, 3.63) is 87.9 Å². The summed E-state index contributed by atoms with van der Waals surface area (Å²) in [6.45, 7) is 8.09. The van der Waals surface area contributed by atoms with Crippen LogP contribution in [0.15, 0.2) is 65.8 Å². The Balaban J connectivity index is 1.67. The zero-order chi connectivity index (χ0) is 23.5. The molecule has 7 heteroatoms. The van der Waals surface area contributed by atoms with Gasteiger partial charge in [-0.2, -0.15) is 0 Å². The van der Waals surface area contributed by atoms with Crippen LogP contribution >= 0.6 is 23.4 Å². The molecule has 5 nitrogen and oxygen atoms in total. The Hall–Kier alpha value is -3.09. The standard InChI is InChI=1S/C26H25ClN4OS/c1-16-11-12-17(2)22(13-16)31-25(20-9-6-10-21(27)14-20)29-30-26(31)33-15-23(32)28-24-18(3)7-5-8-19(24)4/h5-14H,15H2,1-4H3,(H,28,32). The highest BCUT2D eigenvalue weighted by Gasteiger charge is 2.19. The number of anilines is 1. The van der Waals surface area contributed by atoms with Gasteiger partial charge < -0.3 is 5.32 Å². The van der Waals surface area contributed by atoms with Gasteiger partial charge in [-0.15, -0.1) is 10.2 Å². The van der Waals surface area contributed by atoms with Gasteiger partial charge in [-0.3, -0.25) is 9.36 Å². The SMILES string of the molecule is Cc1ccc(C)c(-n2c(SCC(=O)Nc3c(C)cccc3C)nnc2-c2cccc(Cl)c2)c1. The monoisotopic (exact) mass is 476 g/mol. The Kier molecular flexibility index (Phi) is 6.86. The lowest BCUT2D eigenvalue weighted by atomic mass is 10.1. The number of amides is 1. The number of thioether (sulfide) groups is 1. The molecule has 4 aromatic rings. The Morgan fingerprint density at radius 1 is 0.939 bits per heavy atom. The number of aromatic nitrogens is 3. The molecule has 0 saturated carbocycles. The quantitative estimate of drug-likeness (QED) is 0.320. The lowest BCUT2D eigenvalue weighted by molar-refractivity contribution is -0.113. The topological polar surface area (TPSA) is 59.8 Å². The van der Waals surface area contributed by atoms with E-state index < -0.39 is 0 Å². The number of halogens is 1. The fraction of sp³-hybridized carbons (Fsp3) is 0.192. The first-order valence-corrected chi connectivity index (χ1v) is 12.0. The molecule has 0 spiro atoms. The van der Waals surface area contributed by atoms with Crippen LogP contribution in [0.1, 0.15) is 22.3 Å². The van der Waals surface area contributed by atoms with Gasteiger partial charge in [-0.1, -0.05) is 65.8 Å². The third-order valence-electron chi connectivity index (χ3n) is 5.40. The molecule has 0 aliphatic rings. The van der Waals surface area contributed by atoms with Gasteiger partial charge in [-0.25, -0.2) is 0 Å². The molecule has 0 aliphatic heterocycles. The van der Waals surface area contributed by atoms with Crippen molar-refractivity contribution in [1.82, 2.24) is 14.8 Å². The zero-order valence-electron chi connectivity index (χ0n) is 19.0. The van der Waals surface area contributed by atoms with E-state index in [2.05, 4.69) is 47.6 Å². The van der Waals surface area contributed by atoms with Crippen LogP contribution in [0.2, 0.25) is 5.02 Å². The summed E-state index contributed by atoms with van der Waals surface area (Å²) < 4.78 is 2.00. The molecule has 0 fully saturated rings.